The van der Waals surface area contributed by atoms with Crippen molar-refractivity contribution in [1.82, 2.24) is 10.3 Å². The molecule has 8 heteroatoms. The maximum absolute atomic E-state index is 12.2. The summed E-state index contributed by atoms with van der Waals surface area (Å²) in [6, 6.07) is 7.62. The van der Waals surface area contributed by atoms with Crippen molar-refractivity contribution < 1.29 is 13.2 Å². The van der Waals surface area contributed by atoms with Gasteiger partial charge >= 0.3 is 0 Å². The van der Waals surface area contributed by atoms with E-state index >= 15 is 0 Å². The predicted molar refractivity (Wildman–Crippen MR) is 89.2 cm³/mol. The smallest absolute Gasteiger partial charge is 0.221 e. The van der Waals surface area contributed by atoms with Crippen LogP contribution in [0.1, 0.15) is 12.0 Å². The predicted octanol–water partition coefficient (Wildman–Crippen LogP) is 2.87. The fourth-order valence-corrected chi connectivity index (χ4v) is 3.43. The second-order valence-corrected chi connectivity index (χ2v) is 7.70. The molecule has 0 aliphatic heterocycles. The number of sulfone groups is 1. The normalized spacial score (nSPS) is 11.2. The Morgan fingerprint density at radius 3 is 2.43 bits per heavy atom. The van der Waals surface area contributed by atoms with E-state index in [0.29, 0.717) is 6.54 Å². The van der Waals surface area contributed by atoms with E-state index in [1.807, 2.05) is 0 Å². The van der Waals surface area contributed by atoms with Crippen molar-refractivity contribution in [1.29, 1.82) is 0 Å². The zero-order valence-corrected chi connectivity index (χ0v) is 14.3. The van der Waals surface area contributed by atoms with Crippen molar-refractivity contribution >= 4 is 38.9 Å². The second-order valence-electron chi connectivity index (χ2n) is 4.78. The number of carbonyl (C=O) groups excluding carboxylic acids is 1. The molecule has 2 rings (SSSR count). The van der Waals surface area contributed by atoms with Gasteiger partial charge in [0.25, 0.3) is 0 Å². The van der Waals surface area contributed by atoms with E-state index in [9.17, 15) is 13.2 Å². The van der Waals surface area contributed by atoms with Crippen LogP contribution >= 0.6 is 23.2 Å². The summed E-state index contributed by atoms with van der Waals surface area (Å²) < 4.78 is 24.4. The van der Waals surface area contributed by atoms with Crippen LogP contribution in [-0.2, 0) is 21.2 Å². The van der Waals surface area contributed by atoms with Gasteiger partial charge < -0.3 is 5.32 Å². The summed E-state index contributed by atoms with van der Waals surface area (Å²) in [5.41, 5.74) is 0.890. The van der Waals surface area contributed by atoms with Gasteiger partial charge in [-0.2, -0.15) is 0 Å². The molecule has 1 heterocycles. The van der Waals surface area contributed by atoms with E-state index in [1.165, 1.54) is 18.2 Å². The maximum atomic E-state index is 12.2. The van der Waals surface area contributed by atoms with Crippen molar-refractivity contribution in [3.05, 3.63) is 58.3 Å². The van der Waals surface area contributed by atoms with E-state index in [1.54, 1.807) is 24.5 Å². The Morgan fingerprint density at radius 1 is 1.09 bits per heavy atom. The number of nitrogens with zero attached hydrogens (tertiary/aromatic N) is 1. The van der Waals surface area contributed by atoms with Gasteiger partial charge in [0.05, 0.1) is 20.7 Å². The Labute approximate surface area is 144 Å². The van der Waals surface area contributed by atoms with Crippen LogP contribution < -0.4 is 5.32 Å². The number of nitrogens with one attached hydrogen (secondary N) is 1. The lowest BCUT2D eigenvalue weighted by Gasteiger charge is -2.07. The summed E-state index contributed by atoms with van der Waals surface area (Å²) in [4.78, 5) is 15.7. The van der Waals surface area contributed by atoms with Crippen molar-refractivity contribution in [3.63, 3.8) is 0 Å². The molecule has 122 valence electrons. The number of aromatic nitrogens is 1. The summed E-state index contributed by atoms with van der Waals surface area (Å²) in [6.07, 6.45) is 3.11. The first kappa shape index (κ1) is 17.7. The summed E-state index contributed by atoms with van der Waals surface area (Å²) in [5, 5.41) is 3.11. The molecule has 0 aliphatic rings. The molecular formula is C15H14Cl2N2O3S. The Kier molecular flexibility index (Phi) is 5.98. The lowest BCUT2D eigenvalue weighted by atomic mass is 10.2. The van der Waals surface area contributed by atoms with Crippen LogP contribution in [0.15, 0.2) is 47.6 Å². The first-order valence-electron chi connectivity index (χ1n) is 6.72. The summed E-state index contributed by atoms with van der Waals surface area (Å²) in [6.45, 7) is 0.328. The van der Waals surface area contributed by atoms with Gasteiger partial charge in [-0.15, -0.1) is 0 Å². The van der Waals surface area contributed by atoms with Gasteiger partial charge in [0.1, 0.15) is 0 Å². The van der Waals surface area contributed by atoms with Gasteiger partial charge in [0, 0.05) is 25.4 Å². The van der Waals surface area contributed by atoms with Gasteiger partial charge in [-0.05, 0) is 35.9 Å². The highest BCUT2D eigenvalue weighted by Gasteiger charge is 2.17. The fraction of sp³-hybridized carbons (Fsp3) is 0.200. The van der Waals surface area contributed by atoms with Gasteiger partial charge in [0.15, 0.2) is 9.84 Å². The largest absolute Gasteiger partial charge is 0.352 e. The van der Waals surface area contributed by atoms with E-state index in [-0.39, 0.29) is 33.0 Å². The van der Waals surface area contributed by atoms with E-state index in [4.69, 9.17) is 23.2 Å². The molecule has 1 N–H and O–H groups in total. The van der Waals surface area contributed by atoms with Crippen LogP contribution in [-0.4, -0.2) is 25.1 Å². The minimum atomic E-state index is -3.59. The number of hydrogen-bond acceptors (Lipinski definition) is 4. The number of halogens is 2. The fourth-order valence-electron chi connectivity index (χ4n) is 1.80. The monoisotopic (exact) mass is 372 g/mol. The van der Waals surface area contributed by atoms with Crippen LogP contribution in [0.2, 0.25) is 10.0 Å². The number of pyridine rings is 1. The van der Waals surface area contributed by atoms with Crippen LogP contribution in [0.3, 0.4) is 0 Å². The van der Waals surface area contributed by atoms with E-state index in [0.717, 1.165) is 5.56 Å². The topological polar surface area (TPSA) is 76.1 Å². The van der Waals surface area contributed by atoms with Crippen molar-refractivity contribution in [3.8, 4) is 0 Å². The summed E-state index contributed by atoms with van der Waals surface area (Å²) in [5.74, 6) is -0.641. The van der Waals surface area contributed by atoms with Crippen LogP contribution in [0, 0.1) is 0 Å². The van der Waals surface area contributed by atoms with Gasteiger partial charge in [-0.3, -0.25) is 9.78 Å². The third kappa shape index (κ3) is 5.20. The third-order valence-corrected chi connectivity index (χ3v) is 5.54. The molecule has 0 unspecified atom stereocenters. The highest BCUT2D eigenvalue weighted by Crippen LogP contribution is 2.25. The SMILES string of the molecule is O=C(CCS(=O)(=O)c1ccc(Cl)c(Cl)c1)NCc1ccncc1. The molecule has 0 fully saturated rings. The van der Waals surface area contributed by atoms with Crippen LogP contribution in [0.5, 0.6) is 0 Å². The first-order valence-corrected chi connectivity index (χ1v) is 9.13. The molecule has 0 radical (unpaired) electrons. The third-order valence-electron chi connectivity index (χ3n) is 3.09. The molecule has 1 aromatic heterocycles. The molecule has 0 spiro atoms. The molecule has 0 atom stereocenters. The molecule has 5 nitrogen and oxygen atoms in total. The molecule has 0 saturated heterocycles. The molecule has 0 saturated carbocycles. The lowest BCUT2D eigenvalue weighted by molar-refractivity contribution is -0.120. The lowest BCUT2D eigenvalue weighted by Crippen LogP contribution is -2.25. The quantitative estimate of drug-likeness (QED) is 0.845. The molecular weight excluding hydrogens is 359 g/mol. The molecule has 1 amide bonds. The molecule has 1 aromatic carbocycles. The van der Waals surface area contributed by atoms with Crippen molar-refractivity contribution in [2.24, 2.45) is 0 Å². The first-order chi connectivity index (χ1) is 10.9. The van der Waals surface area contributed by atoms with Crippen LogP contribution in [0.25, 0.3) is 0 Å². The average Bonchev–Trinajstić information content (AvgIpc) is 2.54. The molecule has 23 heavy (non-hydrogen) atoms. The molecule has 0 bridgehead atoms. The zero-order valence-electron chi connectivity index (χ0n) is 12.0. The summed E-state index contributed by atoms with van der Waals surface area (Å²) in [7, 11) is -3.59. The van der Waals surface area contributed by atoms with Crippen molar-refractivity contribution in [2.45, 2.75) is 17.9 Å². The highest BCUT2D eigenvalue weighted by molar-refractivity contribution is 7.91. The summed E-state index contributed by atoms with van der Waals surface area (Å²) >= 11 is 11.6. The minimum absolute atomic E-state index is 0.0498. The Bertz CT molecular complexity index is 796. The Morgan fingerprint density at radius 2 is 1.78 bits per heavy atom. The molecule has 2 aromatic rings. The van der Waals surface area contributed by atoms with E-state index < -0.39 is 9.84 Å². The van der Waals surface area contributed by atoms with Gasteiger partial charge in [0.2, 0.25) is 5.91 Å². The van der Waals surface area contributed by atoms with Gasteiger partial charge in [-0.1, -0.05) is 23.2 Å². The van der Waals surface area contributed by atoms with Gasteiger partial charge in [-0.25, -0.2) is 8.42 Å². The maximum Gasteiger partial charge on any atom is 0.221 e. The Balaban J connectivity index is 1.91. The van der Waals surface area contributed by atoms with Crippen molar-refractivity contribution in [2.75, 3.05) is 5.75 Å². The number of carbonyl (C=O) groups is 1. The molecule has 0 aliphatic carbocycles. The number of hydrogen-bond donors (Lipinski definition) is 1. The average molecular weight is 373 g/mol. The second kappa shape index (κ2) is 7.77. The van der Waals surface area contributed by atoms with Crippen LogP contribution in [0.4, 0.5) is 0 Å². The zero-order chi connectivity index (χ0) is 16.9. The number of rotatable bonds is 6. The highest BCUT2D eigenvalue weighted by atomic mass is 35.5. The van der Waals surface area contributed by atoms with E-state index in [2.05, 4.69) is 10.3 Å². The standard InChI is InChI=1S/C15H14Cl2N2O3S/c16-13-2-1-12(9-14(13)17)23(21,22)8-5-15(20)19-10-11-3-6-18-7-4-11/h1-4,6-7,9H,5,8,10H2,(H,19,20). The minimum Gasteiger partial charge on any atom is -0.352 e. The Hall–Kier alpha value is -1.63. The number of amides is 1. The number of benzene rings is 1.